The molecule has 2 aliphatic rings. The number of aliphatic hydroxyl groups excluding tert-OH is 1. The molecule has 1 N–H and O–H groups in total. The Labute approximate surface area is 106 Å². The summed E-state index contributed by atoms with van der Waals surface area (Å²) in [6, 6.07) is 0. The predicted molar refractivity (Wildman–Crippen MR) is 60.4 cm³/mol. The molecular weight excluding hydrogens is 264 g/mol. The normalized spacial score (nSPS) is 39.6. The van der Waals surface area contributed by atoms with E-state index in [1.807, 2.05) is 0 Å². The molecule has 1 unspecified atom stereocenters. The average Bonchev–Trinajstić information content (AvgIpc) is 2.51. The Morgan fingerprint density at radius 2 is 2.06 bits per heavy atom. The summed E-state index contributed by atoms with van der Waals surface area (Å²) in [6.07, 6.45) is -1.65. The molecule has 4 atom stereocenters. The first kappa shape index (κ1) is 14.2. The standard InChI is InChI=1S/C10H18O7S/c1-10(2)15-7-5-14-6(4-11)9(8(7)16-10)17-18(3,12)13/h6-9,11H,4-5H2,1-3H3/t6?,7-,8-,9-/m0/s1. The molecule has 0 bridgehead atoms. The van der Waals surface area contributed by atoms with Crippen LogP contribution in [0.2, 0.25) is 0 Å². The molecular formula is C10H18O7S. The van der Waals surface area contributed by atoms with Crippen LogP contribution in [-0.2, 0) is 28.5 Å². The van der Waals surface area contributed by atoms with E-state index in [4.69, 9.17) is 18.4 Å². The fourth-order valence-corrected chi connectivity index (χ4v) is 2.91. The summed E-state index contributed by atoms with van der Waals surface area (Å²) < 4.78 is 44.1. The summed E-state index contributed by atoms with van der Waals surface area (Å²) in [4.78, 5) is 0. The van der Waals surface area contributed by atoms with Gasteiger partial charge in [-0.15, -0.1) is 0 Å². The molecule has 2 saturated heterocycles. The molecule has 0 amide bonds. The Bertz CT molecular complexity index is 404. The Morgan fingerprint density at radius 1 is 1.39 bits per heavy atom. The van der Waals surface area contributed by atoms with Gasteiger partial charge in [-0.1, -0.05) is 0 Å². The summed E-state index contributed by atoms with van der Waals surface area (Å²) in [7, 11) is -3.67. The van der Waals surface area contributed by atoms with Crippen molar-refractivity contribution in [1.82, 2.24) is 0 Å². The second-order valence-electron chi connectivity index (χ2n) is 4.96. The van der Waals surface area contributed by atoms with Crippen molar-refractivity contribution >= 4 is 10.1 Å². The molecule has 0 aromatic carbocycles. The van der Waals surface area contributed by atoms with E-state index in [0.717, 1.165) is 6.26 Å². The molecule has 0 aromatic rings. The van der Waals surface area contributed by atoms with Crippen LogP contribution in [0.15, 0.2) is 0 Å². The smallest absolute Gasteiger partial charge is 0.264 e. The highest BCUT2D eigenvalue weighted by Gasteiger charge is 2.52. The maximum Gasteiger partial charge on any atom is 0.264 e. The Hall–Kier alpha value is -0.250. The Kier molecular flexibility index (Phi) is 3.69. The zero-order valence-electron chi connectivity index (χ0n) is 10.5. The quantitative estimate of drug-likeness (QED) is 0.680. The molecule has 2 heterocycles. The molecule has 2 rings (SSSR count). The van der Waals surface area contributed by atoms with Crippen molar-refractivity contribution in [3.8, 4) is 0 Å². The number of hydrogen-bond donors (Lipinski definition) is 1. The van der Waals surface area contributed by atoms with Crippen LogP contribution in [0, 0.1) is 0 Å². The van der Waals surface area contributed by atoms with Crippen molar-refractivity contribution < 1.29 is 31.9 Å². The number of ether oxygens (including phenoxy) is 3. The van der Waals surface area contributed by atoms with E-state index in [0.29, 0.717) is 0 Å². The van der Waals surface area contributed by atoms with Gasteiger partial charge in [0.05, 0.1) is 19.5 Å². The van der Waals surface area contributed by atoms with Crippen molar-refractivity contribution in [2.75, 3.05) is 19.5 Å². The third-order valence-electron chi connectivity index (χ3n) is 2.85. The van der Waals surface area contributed by atoms with E-state index in [2.05, 4.69) is 0 Å². The molecule has 18 heavy (non-hydrogen) atoms. The van der Waals surface area contributed by atoms with E-state index in [9.17, 15) is 13.5 Å². The van der Waals surface area contributed by atoms with Gasteiger partial charge in [-0.3, -0.25) is 4.18 Å². The molecule has 106 valence electrons. The minimum atomic E-state index is -3.67. The molecule has 0 spiro atoms. The first-order valence-corrected chi connectivity index (χ1v) is 7.50. The molecule has 7 nitrogen and oxygen atoms in total. The van der Waals surface area contributed by atoms with E-state index in [1.54, 1.807) is 13.8 Å². The summed E-state index contributed by atoms with van der Waals surface area (Å²) in [5.41, 5.74) is 0. The average molecular weight is 282 g/mol. The third-order valence-corrected chi connectivity index (χ3v) is 3.42. The lowest BCUT2D eigenvalue weighted by Gasteiger charge is -2.35. The molecule has 0 radical (unpaired) electrons. The van der Waals surface area contributed by atoms with Gasteiger partial charge in [-0.05, 0) is 13.8 Å². The molecule has 2 aliphatic heterocycles. The minimum absolute atomic E-state index is 0.239. The van der Waals surface area contributed by atoms with Gasteiger partial charge in [0.1, 0.15) is 24.4 Å². The van der Waals surface area contributed by atoms with E-state index >= 15 is 0 Å². The summed E-state index contributed by atoms with van der Waals surface area (Å²) in [5, 5.41) is 9.21. The van der Waals surface area contributed by atoms with Crippen LogP contribution in [0.5, 0.6) is 0 Å². The van der Waals surface area contributed by atoms with Gasteiger partial charge in [0, 0.05) is 0 Å². The highest BCUT2D eigenvalue weighted by Crippen LogP contribution is 2.35. The third kappa shape index (κ3) is 3.01. The van der Waals surface area contributed by atoms with Crippen LogP contribution < -0.4 is 0 Å². The van der Waals surface area contributed by atoms with E-state index in [1.165, 1.54) is 0 Å². The van der Waals surface area contributed by atoms with Crippen molar-refractivity contribution in [3.05, 3.63) is 0 Å². The zero-order valence-corrected chi connectivity index (χ0v) is 11.3. The SMILES string of the molecule is CC1(C)O[C@H]2[C@H](COC(CO)[C@@H]2OS(C)(=O)=O)O1. The van der Waals surface area contributed by atoms with Gasteiger partial charge in [0.25, 0.3) is 10.1 Å². The van der Waals surface area contributed by atoms with Gasteiger partial charge < -0.3 is 19.3 Å². The van der Waals surface area contributed by atoms with E-state index in [-0.39, 0.29) is 13.2 Å². The highest BCUT2D eigenvalue weighted by atomic mass is 32.2. The zero-order chi connectivity index (χ0) is 13.6. The van der Waals surface area contributed by atoms with Crippen molar-refractivity contribution in [3.63, 3.8) is 0 Å². The van der Waals surface area contributed by atoms with Crippen LogP contribution in [-0.4, -0.2) is 63.2 Å². The molecule has 0 aliphatic carbocycles. The van der Waals surface area contributed by atoms with Gasteiger partial charge in [-0.25, -0.2) is 0 Å². The first-order valence-electron chi connectivity index (χ1n) is 5.68. The second-order valence-corrected chi connectivity index (χ2v) is 6.56. The predicted octanol–water partition coefficient (Wildman–Crippen LogP) is -0.758. The number of rotatable bonds is 3. The lowest BCUT2D eigenvalue weighted by Crippen LogP contribution is -2.54. The Balaban J connectivity index is 2.20. The number of hydrogen-bond acceptors (Lipinski definition) is 7. The van der Waals surface area contributed by atoms with Crippen LogP contribution in [0.1, 0.15) is 13.8 Å². The van der Waals surface area contributed by atoms with Crippen molar-refractivity contribution in [2.45, 2.75) is 44.1 Å². The molecule has 8 heteroatoms. The fraction of sp³-hybridized carbons (Fsp3) is 1.00. The monoisotopic (exact) mass is 282 g/mol. The fourth-order valence-electron chi connectivity index (χ4n) is 2.27. The van der Waals surface area contributed by atoms with Gasteiger partial charge in [0.15, 0.2) is 5.79 Å². The first-order chi connectivity index (χ1) is 8.22. The topological polar surface area (TPSA) is 91.3 Å². The van der Waals surface area contributed by atoms with E-state index < -0.39 is 40.3 Å². The van der Waals surface area contributed by atoms with Gasteiger partial charge >= 0.3 is 0 Å². The number of fused-ring (bicyclic) bond motifs is 1. The molecule has 2 fully saturated rings. The number of aliphatic hydroxyl groups is 1. The summed E-state index contributed by atoms with van der Waals surface area (Å²) >= 11 is 0. The van der Waals surface area contributed by atoms with Crippen molar-refractivity contribution in [1.29, 1.82) is 0 Å². The van der Waals surface area contributed by atoms with Crippen molar-refractivity contribution in [2.24, 2.45) is 0 Å². The maximum absolute atomic E-state index is 11.3. The van der Waals surface area contributed by atoms with Crippen LogP contribution in [0.25, 0.3) is 0 Å². The minimum Gasteiger partial charge on any atom is -0.394 e. The maximum atomic E-state index is 11.3. The molecule has 0 saturated carbocycles. The van der Waals surface area contributed by atoms with Gasteiger partial charge in [-0.2, -0.15) is 8.42 Å². The Morgan fingerprint density at radius 3 is 2.61 bits per heavy atom. The largest absolute Gasteiger partial charge is 0.394 e. The summed E-state index contributed by atoms with van der Waals surface area (Å²) in [6.45, 7) is 3.36. The highest BCUT2D eigenvalue weighted by molar-refractivity contribution is 7.86. The van der Waals surface area contributed by atoms with Crippen LogP contribution >= 0.6 is 0 Å². The lowest BCUT2D eigenvalue weighted by atomic mass is 10.0. The van der Waals surface area contributed by atoms with Crippen LogP contribution in [0.4, 0.5) is 0 Å². The lowest BCUT2D eigenvalue weighted by molar-refractivity contribution is -0.158. The van der Waals surface area contributed by atoms with Crippen LogP contribution in [0.3, 0.4) is 0 Å². The molecule has 0 aromatic heterocycles. The summed E-state index contributed by atoms with van der Waals surface area (Å²) in [5.74, 6) is -0.817. The van der Waals surface area contributed by atoms with Gasteiger partial charge in [0.2, 0.25) is 0 Å². The second kappa shape index (κ2) is 4.69.